The van der Waals surface area contributed by atoms with E-state index in [1.165, 1.54) is 36.2 Å². The Morgan fingerprint density at radius 3 is 2.62 bits per heavy atom. The summed E-state index contributed by atoms with van der Waals surface area (Å²) in [4.78, 5) is 17.1. The molecule has 0 bridgehead atoms. The average molecular weight is 435 g/mol. The SMILES string of the molecule is C=Cc1nc(CN(C)[C@H]2CCCc3cccnc32)c(CN(C)C2CCN(C)CC2)n1C=C. The van der Waals surface area contributed by atoms with Gasteiger partial charge in [-0.15, -0.1) is 0 Å². The summed E-state index contributed by atoms with van der Waals surface area (Å²) < 4.78 is 2.12. The van der Waals surface area contributed by atoms with E-state index in [1.54, 1.807) is 0 Å². The summed E-state index contributed by atoms with van der Waals surface area (Å²) in [6.07, 6.45) is 11.5. The molecule has 0 aromatic carbocycles. The minimum Gasteiger partial charge on any atom is -0.306 e. The number of hydrogen-bond acceptors (Lipinski definition) is 5. The number of hydrogen-bond donors (Lipinski definition) is 0. The van der Waals surface area contributed by atoms with E-state index in [4.69, 9.17) is 9.97 Å². The Morgan fingerprint density at radius 2 is 1.91 bits per heavy atom. The molecule has 4 rings (SSSR count). The smallest absolute Gasteiger partial charge is 0.136 e. The van der Waals surface area contributed by atoms with E-state index in [1.807, 2.05) is 18.5 Å². The van der Waals surface area contributed by atoms with Crippen LogP contribution in [0.1, 0.15) is 60.2 Å². The van der Waals surface area contributed by atoms with Crippen molar-refractivity contribution in [3.8, 4) is 0 Å². The van der Waals surface area contributed by atoms with Gasteiger partial charge < -0.3 is 9.47 Å². The van der Waals surface area contributed by atoms with Crippen LogP contribution in [0.4, 0.5) is 0 Å². The lowest BCUT2D eigenvalue weighted by molar-refractivity contribution is 0.137. The van der Waals surface area contributed by atoms with Gasteiger partial charge in [0.1, 0.15) is 5.82 Å². The van der Waals surface area contributed by atoms with Gasteiger partial charge in [-0.2, -0.15) is 0 Å². The Hall–Kier alpha value is -2.28. The number of likely N-dealkylation sites (tertiary alicyclic amines) is 1. The predicted octanol–water partition coefficient (Wildman–Crippen LogP) is 4.06. The minimum atomic E-state index is 0.334. The van der Waals surface area contributed by atoms with Crippen LogP contribution in [0.2, 0.25) is 0 Å². The Balaban J connectivity index is 1.56. The summed E-state index contributed by atoms with van der Waals surface area (Å²) in [6, 6.07) is 5.22. The fraction of sp³-hybridized carbons (Fsp3) is 0.538. The second-order valence-corrected chi connectivity index (χ2v) is 9.44. The quantitative estimate of drug-likeness (QED) is 0.627. The van der Waals surface area contributed by atoms with Crippen LogP contribution in [0.3, 0.4) is 0 Å². The highest BCUT2D eigenvalue weighted by molar-refractivity contribution is 5.46. The molecular formula is C26H38N6. The maximum Gasteiger partial charge on any atom is 0.136 e. The molecule has 172 valence electrons. The third kappa shape index (κ3) is 4.72. The lowest BCUT2D eigenvalue weighted by Crippen LogP contribution is -2.41. The number of aromatic nitrogens is 3. The molecule has 32 heavy (non-hydrogen) atoms. The van der Waals surface area contributed by atoms with Gasteiger partial charge in [0.25, 0.3) is 0 Å². The number of aryl methyl sites for hydroxylation is 1. The summed E-state index contributed by atoms with van der Waals surface area (Å²) >= 11 is 0. The molecule has 0 spiro atoms. The molecule has 1 atom stereocenters. The molecule has 0 amide bonds. The third-order valence-electron chi connectivity index (χ3n) is 7.29. The van der Waals surface area contributed by atoms with Crippen LogP contribution in [-0.4, -0.2) is 69.5 Å². The number of imidazole rings is 1. The topological polar surface area (TPSA) is 40.4 Å². The number of rotatable bonds is 8. The van der Waals surface area contributed by atoms with Crippen molar-refractivity contribution in [3.63, 3.8) is 0 Å². The first-order chi connectivity index (χ1) is 15.5. The molecule has 1 aliphatic heterocycles. The average Bonchev–Trinajstić information content (AvgIpc) is 3.14. The van der Waals surface area contributed by atoms with E-state index in [-0.39, 0.29) is 0 Å². The van der Waals surface area contributed by atoms with Crippen molar-refractivity contribution < 1.29 is 0 Å². The Morgan fingerprint density at radius 1 is 1.12 bits per heavy atom. The zero-order chi connectivity index (χ0) is 22.7. The van der Waals surface area contributed by atoms with Crippen LogP contribution in [0.15, 0.2) is 31.5 Å². The molecule has 2 aromatic heterocycles. The Kier molecular flexibility index (Phi) is 7.23. The largest absolute Gasteiger partial charge is 0.306 e. The van der Waals surface area contributed by atoms with E-state index < -0.39 is 0 Å². The fourth-order valence-corrected chi connectivity index (χ4v) is 5.34. The van der Waals surface area contributed by atoms with E-state index in [0.29, 0.717) is 12.1 Å². The van der Waals surface area contributed by atoms with Crippen LogP contribution in [0.25, 0.3) is 12.3 Å². The summed E-state index contributed by atoms with van der Waals surface area (Å²) in [6.45, 7) is 12.0. The van der Waals surface area contributed by atoms with Crippen molar-refractivity contribution in [2.45, 2.75) is 57.3 Å². The van der Waals surface area contributed by atoms with E-state index in [9.17, 15) is 0 Å². The maximum absolute atomic E-state index is 4.98. The Bertz CT molecular complexity index is 940. The molecule has 0 unspecified atom stereocenters. The summed E-state index contributed by atoms with van der Waals surface area (Å²) in [5.41, 5.74) is 4.96. The second-order valence-electron chi connectivity index (χ2n) is 9.44. The van der Waals surface area contributed by atoms with Crippen LogP contribution in [0.5, 0.6) is 0 Å². The molecule has 0 N–H and O–H groups in total. The van der Waals surface area contributed by atoms with Gasteiger partial charge in [0.15, 0.2) is 0 Å². The molecule has 2 aliphatic rings. The zero-order valence-corrected chi connectivity index (χ0v) is 20.0. The van der Waals surface area contributed by atoms with Crippen molar-refractivity contribution in [2.24, 2.45) is 0 Å². The summed E-state index contributed by atoms with van der Waals surface area (Å²) in [5.74, 6) is 0.873. The molecule has 3 heterocycles. The normalized spacial score (nSPS) is 20.0. The molecule has 1 aliphatic carbocycles. The summed E-state index contributed by atoms with van der Waals surface area (Å²) in [5, 5.41) is 0. The van der Waals surface area contributed by atoms with Crippen LogP contribution in [0, 0.1) is 0 Å². The van der Waals surface area contributed by atoms with Gasteiger partial charge >= 0.3 is 0 Å². The molecule has 0 saturated carbocycles. The Labute approximate surface area is 193 Å². The zero-order valence-electron chi connectivity index (χ0n) is 20.0. The number of nitrogens with zero attached hydrogens (tertiary/aromatic N) is 6. The molecule has 2 aromatic rings. The van der Waals surface area contributed by atoms with Gasteiger partial charge in [0, 0.05) is 31.5 Å². The fourth-order valence-electron chi connectivity index (χ4n) is 5.34. The lowest BCUT2D eigenvalue weighted by atomic mass is 9.91. The summed E-state index contributed by atoms with van der Waals surface area (Å²) in [7, 11) is 6.67. The molecular weight excluding hydrogens is 396 g/mol. The van der Waals surface area contributed by atoms with Crippen molar-refractivity contribution in [1.29, 1.82) is 0 Å². The van der Waals surface area contributed by atoms with E-state index in [0.717, 1.165) is 50.5 Å². The first kappa shape index (κ1) is 22.9. The molecule has 6 heteroatoms. The van der Waals surface area contributed by atoms with Gasteiger partial charge in [-0.25, -0.2) is 4.98 Å². The minimum absolute atomic E-state index is 0.334. The maximum atomic E-state index is 4.98. The van der Waals surface area contributed by atoms with Gasteiger partial charge in [0.05, 0.1) is 23.1 Å². The van der Waals surface area contributed by atoms with Crippen LogP contribution < -0.4 is 0 Å². The standard InChI is InChI=1S/C26H38N6/c1-6-25-28-22(18-31(5)23-12-8-10-20-11-9-15-27-26(20)23)24(32(25)7-2)19-30(4)21-13-16-29(3)17-14-21/h6-7,9,11,15,21,23H,1-2,8,10,12-14,16-19H2,3-5H3/t23-/m0/s1. The first-order valence-electron chi connectivity index (χ1n) is 11.9. The van der Waals surface area contributed by atoms with Crippen molar-refractivity contribution in [2.75, 3.05) is 34.2 Å². The van der Waals surface area contributed by atoms with E-state index >= 15 is 0 Å². The van der Waals surface area contributed by atoms with Crippen molar-refractivity contribution in [3.05, 3.63) is 60.0 Å². The van der Waals surface area contributed by atoms with Crippen molar-refractivity contribution in [1.82, 2.24) is 29.2 Å². The number of fused-ring (bicyclic) bond motifs is 1. The van der Waals surface area contributed by atoms with Crippen LogP contribution >= 0.6 is 0 Å². The van der Waals surface area contributed by atoms with Gasteiger partial charge in [0.2, 0.25) is 0 Å². The van der Waals surface area contributed by atoms with Crippen molar-refractivity contribution >= 4 is 12.3 Å². The molecule has 0 radical (unpaired) electrons. The second kappa shape index (κ2) is 10.1. The highest BCUT2D eigenvalue weighted by atomic mass is 15.2. The highest BCUT2D eigenvalue weighted by Gasteiger charge is 2.28. The third-order valence-corrected chi connectivity index (χ3v) is 7.29. The highest BCUT2D eigenvalue weighted by Crippen LogP contribution is 2.33. The molecule has 6 nitrogen and oxygen atoms in total. The molecule has 1 fully saturated rings. The number of piperidine rings is 1. The monoisotopic (exact) mass is 434 g/mol. The first-order valence-corrected chi connectivity index (χ1v) is 11.9. The lowest BCUT2D eigenvalue weighted by Gasteiger charge is -2.35. The molecule has 1 saturated heterocycles. The van der Waals surface area contributed by atoms with Crippen LogP contribution in [-0.2, 0) is 19.5 Å². The predicted molar refractivity (Wildman–Crippen MR) is 132 cm³/mol. The van der Waals surface area contributed by atoms with E-state index in [2.05, 4.69) is 65.7 Å². The van der Waals surface area contributed by atoms with Gasteiger partial charge in [-0.3, -0.25) is 14.8 Å². The van der Waals surface area contributed by atoms with Gasteiger partial charge in [-0.1, -0.05) is 19.2 Å². The van der Waals surface area contributed by atoms with Gasteiger partial charge in [-0.05, 0) is 84.0 Å². The number of pyridine rings is 1.